The fourth-order valence-corrected chi connectivity index (χ4v) is 4.15. The number of hydrogen-bond donors (Lipinski definition) is 0. The molecular weight excluding hydrogens is 349 g/mol. The van der Waals surface area contributed by atoms with E-state index in [9.17, 15) is 4.55 Å². The van der Waals surface area contributed by atoms with Crippen LogP contribution >= 0.6 is 23.2 Å². The van der Waals surface area contributed by atoms with E-state index < -0.39 is 11.4 Å². The second-order valence-electron chi connectivity index (χ2n) is 7.31. The first-order valence-electron chi connectivity index (χ1n) is 8.10. The zero-order chi connectivity index (χ0) is 17.3. The normalized spacial score (nSPS) is 20.4. The van der Waals surface area contributed by atoms with E-state index in [4.69, 9.17) is 23.2 Å². The van der Waals surface area contributed by atoms with Gasteiger partial charge in [-0.1, -0.05) is 52.9 Å². The molecule has 1 aliphatic carbocycles. The lowest BCUT2D eigenvalue weighted by atomic mass is 9.67. The molecule has 1 saturated carbocycles. The van der Waals surface area contributed by atoms with Crippen molar-refractivity contribution in [2.24, 2.45) is 4.40 Å². The molecule has 1 fully saturated rings. The Morgan fingerprint density at radius 2 is 1.74 bits per heavy atom. The Morgan fingerprint density at radius 3 is 2.26 bits per heavy atom. The summed E-state index contributed by atoms with van der Waals surface area (Å²) in [5, 5.41) is 1.13. The van der Waals surface area contributed by atoms with Gasteiger partial charge in [0.1, 0.15) is 16.1 Å². The molecule has 1 unspecified atom stereocenters. The molecular formula is C18H25Cl2NOS. The number of nitrogens with zero attached hydrogens (tertiary/aromatic N) is 1. The van der Waals surface area contributed by atoms with Gasteiger partial charge in [0, 0.05) is 5.41 Å². The van der Waals surface area contributed by atoms with Gasteiger partial charge >= 0.3 is 0 Å². The van der Waals surface area contributed by atoms with E-state index >= 15 is 0 Å². The molecule has 0 heterocycles. The fraction of sp³-hybridized carbons (Fsp3) is 0.611. The third-order valence-corrected chi connectivity index (χ3v) is 6.84. The van der Waals surface area contributed by atoms with E-state index in [1.54, 1.807) is 0 Å². The van der Waals surface area contributed by atoms with Crippen LogP contribution in [-0.2, 0) is 16.8 Å². The van der Waals surface area contributed by atoms with Gasteiger partial charge < -0.3 is 4.55 Å². The average Bonchev–Trinajstić information content (AvgIpc) is 2.49. The molecule has 0 aromatic heterocycles. The summed E-state index contributed by atoms with van der Waals surface area (Å²) in [6.07, 6.45) is 5.56. The van der Waals surface area contributed by atoms with Crippen molar-refractivity contribution in [3.8, 4) is 0 Å². The molecule has 5 heteroatoms. The highest BCUT2D eigenvalue weighted by Crippen LogP contribution is 2.43. The van der Waals surface area contributed by atoms with Crippen molar-refractivity contribution < 1.29 is 4.55 Å². The fourth-order valence-electron chi connectivity index (χ4n) is 3.16. The maximum Gasteiger partial charge on any atom is 0.144 e. The largest absolute Gasteiger partial charge is 0.591 e. The predicted octanol–water partition coefficient (Wildman–Crippen LogP) is 6.12. The van der Waals surface area contributed by atoms with Crippen LogP contribution < -0.4 is 0 Å². The number of benzene rings is 1. The molecule has 23 heavy (non-hydrogen) atoms. The van der Waals surface area contributed by atoms with Gasteiger partial charge in [-0.15, -0.1) is 0 Å². The topological polar surface area (TPSA) is 35.4 Å². The molecule has 0 amide bonds. The highest BCUT2D eigenvalue weighted by atomic mass is 35.5. The molecule has 0 radical (unpaired) electrons. The monoisotopic (exact) mass is 373 g/mol. The van der Waals surface area contributed by atoms with Gasteiger partial charge in [-0.3, -0.25) is 0 Å². The molecule has 128 valence electrons. The SMILES string of the molecule is C/C(=N/[S+]([O-])C(C)(C)C)C1(c2ccc(Cl)c(Cl)c2)CCCCC1. The summed E-state index contributed by atoms with van der Waals surface area (Å²) in [5.74, 6) is 0. The third-order valence-electron chi connectivity index (χ3n) is 4.62. The Hall–Kier alpha value is -0.220. The minimum atomic E-state index is -1.25. The summed E-state index contributed by atoms with van der Waals surface area (Å²) in [6, 6.07) is 5.84. The predicted molar refractivity (Wildman–Crippen MR) is 102 cm³/mol. The summed E-state index contributed by atoms with van der Waals surface area (Å²) >= 11 is 11.1. The molecule has 2 rings (SSSR count). The molecule has 1 aromatic rings. The lowest BCUT2D eigenvalue weighted by molar-refractivity contribution is 0.379. The van der Waals surface area contributed by atoms with Crippen LogP contribution in [0.5, 0.6) is 0 Å². The van der Waals surface area contributed by atoms with Gasteiger partial charge in [-0.25, -0.2) is 0 Å². The second kappa shape index (κ2) is 7.35. The molecule has 1 atom stereocenters. The van der Waals surface area contributed by atoms with E-state index in [1.165, 1.54) is 6.42 Å². The quantitative estimate of drug-likeness (QED) is 0.464. The zero-order valence-electron chi connectivity index (χ0n) is 14.3. The smallest absolute Gasteiger partial charge is 0.144 e. The number of hydrogen-bond acceptors (Lipinski definition) is 2. The zero-order valence-corrected chi connectivity index (χ0v) is 16.6. The Morgan fingerprint density at radius 1 is 1.13 bits per heavy atom. The van der Waals surface area contributed by atoms with E-state index in [2.05, 4.69) is 4.40 Å². The number of rotatable bonds is 3. The maximum atomic E-state index is 12.5. The van der Waals surface area contributed by atoms with Gasteiger partial charge in [-0.05, 0) is 58.2 Å². The van der Waals surface area contributed by atoms with Crippen molar-refractivity contribution >= 4 is 40.3 Å². The Kier molecular flexibility index (Phi) is 6.10. The van der Waals surface area contributed by atoms with Crippen molar-refractivity contribution in [2.45, 2.75) is 70.0 Å². The highest BCUT2D eigenvalue weighted by Gasteiger charge is 2.39. The van der Waals surface area contributed by atoms with Crippen LogP contribution in [0.1, 0.15) is 65.4 Å². The van der Waals surface area contributed by atoms with Crippen molar-refractivity contribution in [2.75, 3.05) is 0 Å². The van der Waals surface area contributed by atoms with Crippen molar-refractivity contribution in [1.82, 2.24) is 0 Å². The van der Waals surface area contributed by atoms with E-state index in [1.807, 2.05) is 45.9 Å². The number of halogens is 2. The second-order valence-corrected chi connectivity index (χ2v) is 10.0. The Bertz CT molecular complexity index is 589. The molecule has 0 aliphatic heterocycles. The van der Waals surface area contributed by atoms with E-state index in [0.29, 0.717) is 10.0 Å². The van der Waals surface area contributed by atoms with Gasteiger partial charge in [-0.2, -0.15) is 0 Å². The van der Waals surface area contributed by atoms with Gasteiger partial charge in [0.15, 0.2) is 0 Å². The first-order chi connectivity index (χ1) is 10.7. The third kappa shape index (κ3) is 4.25. The van der Waals surface area contributed by atoms with Crippen LogP contribution in [0.25, 0.3) is 0 Å². The minimum Gasteiger partial charge on any atom is -0.591 e. The molecule has 0 bridgehead atoms. The van der Waals surface area contributed by atoms with Crippen LogP contribution in [0, 0.1) is 0 Å². The van der Waals surface area contributed by atoms with Crippen LogP contribution in [0.4, 0.5) is 0 Å². The first kappa shape index (κ1) is 19.1. The molecule has 0 N–H and O–H groups in total. The standard InChI is InChI=1S/C18H25Cl2NOS/c1-13(21-23(22)17(2,3)4)18(10-6-5-7-11-18)14-8-9-15(19)16(20)12-14/h8-9,12H,5-7,10-11H2,1-4H3/b21-13-. The van der Waals surface area contributed by atoms with Gasteiger partial charge in [0.05, 0.1) is 15.8 Å². The molecule has 2 nitrogen and oxygen atoms in total. The van der Waals surface area contributed by atoms with Crippen molar-refractivity contribution in [1.29, 1.82) is 0 Å². The molecule has 1 aliphatic rings. The van der Waals surface area contributed by atoms with E-state index in [0.717, 1.165) is 37.0 Å². The lowest BCUT2D eigenvalue weighted by Crippen LogP contribution is -2.38. The summed E-state index contributed by atoms with van der Waals surface area (Å²) in [5.41, 5.74) is 1.91. The van der Waals surface area contributed by atoms with E-state index in [-0.39, 0.29) is 10.2 Å². The molecule has 0 spiro atoms. The highest BCUT2D eigenvalue weighted by molar-refractivity contribution is 7.91. The average molecular weight is 374 g/mol. The summed E-state index contributed by atoms with van der Waals surface area (Å²) < 4.78 is 16.7. The molecule has 1 aromatic carbocycles. The summed E-state index contributed by atoms with van der Waals surface area (Å²) in [7, 11) is 0. The Labute approximate surface area is 153 Å². The van der Waals surface area contributed by atoms with Gasteiger partial charge in [0.2, 0.25) is 0 Å². The Balaban J connectivity index is 2.47. The molecule has 0 saturated heterocycles. The van der Waals surface area contributed by atoms with Crippen molar-refractivity contribution in [3.05, 3.63) is 33.8 Å². The van der Waals surface area contributed by atoms with Crippen LogP contribution in [0.3, 0.4) is 0 Å². The van der Waals surface area contributed by atoms with Crippen LogP contribution in [0.15, 0.2) is 22.6 Å². The van der Waals surface area contributed by atoms with Gasteiger partial charge in [0.25, 0.3) is 0 Å². The lowest BCUT2D eigenvalue weighted by Gasteiger charge is -2.38. The minimum absolute atomic E-state index is 0.173. The van der Waals surface area contributed by atoms with Crippen LogP contribution in [-0.4, -0.2) is 15.0 Å². The van der Waals surface area contributed by atoms with Crippen molar-refractivity contribution in [3.63, 3.8) is 0 Å². The maximum absolute atomic E-state index is 12.5. The summed E-state index contributed by atoms with van der Waals surface area (Å²) in [4.78, 5) is 0. The first-order valence-corrected chi connectivity index (χ1v) is 9.96. The van der Waals surface area contributed by atoms with Crippen LogP contribution in [0.2, 0.25) is 10.0 Å². The summed E-state index contributed by atoms with van der Waals surface area (Å²) in [6.45, 7) is 7.86.